The number of likely N-dealkylation sites (tertiary alicyclic amines) is 1. The molecule has 0 spiro atoms. The summed E-state index contributed by atoms with van der Waals surface area (Å²) in [6, 6.07) is 6.04. The van der Waals surface area contributed by atoms with Gasteiger partial charge in [0.25, 0.3) is 0 Å². The highest BCUT2D eigenvalue weighted by atomic mass is 16.5. The van der Waals surface area contributed by atoms with E-state index in [4.69, 9.17) is 9.47 Å². The van der Waals surface area contributed by atoms with E-state index < -0.39 is 6.10 Å². The van der Waals surface area contributed by atoms with E-state index in [1.807, 2.05) is 12.1 Å². The van der Waals surface area contributed by atoms with Gasteiger partial charge in [-0.15, -0.1) is 0 Å². The fourth-order valence-corrected chi connectivity index (χ4v) is 4.21. The van der Waals surface area contributed by atoms with Gasteiger partial charge in [0, 0.05) is 50.9 Å². The Bertz CT molecular complexity index is 597. The molecule has 0 bridgehead atoms. The van der Waals surface area contributed by atoms with Crippen LogP contribution in [0.5, 0.6) is 11.5 Å². The standard InChI is InChI=1S/C23H39N3O3/c1-24-12-14-26(15-13-24)17-20-8-9-22(28-2)16-23(20)29-19-21(27)18-25-10-6-4-3-5-7-11-25/h8-9,16,21,27H,3-7,10-15,17-19H2,1-2H3/t21-/m0/s1. The smallest absolute Gasteiger partial charge is 0.127 e. The molecular formula is C23H39N3O3. The first-order valence-corrected chi connectivity index (χ1v) is 11.2. The minimum atomic E-state index is -0.475. The van der Waals surface area contributed by atoms with E-state index in [1.54, 1.807) is 7.11 Å². The van der Waals surface area contributed by atoms with Gasteiger partial charge in [-0.1, -0.05) is 25.3 Å². The minimum Gasteiger partial charge on any atom is -0.497 e. The van der Waals surface area contributed by atoms with Gasteiger partial charge in [0.15, 0.2) is 0 Å². The van der Waals surface area contributed by atoms with E-state index in [0.29, 0.717) is 13.2 Å². The van der Waals surface area contributed by atoms with E-state index in [0.717, 1.165) is 62.9 Å². The lowest BCUT2D eigenvalue weighted by atomic mass is 10.1. The molecule has 2 saturated heterocycles. The number of piperazine rings is 1. The summed E-state index contributed by atoms with van der Waals surface area (Å²) in [6.45, 7) is 8.39. The summed E-state index contributed by atoms with van der Waals surface area (Å²) < 4.78 is 11.5. The van der Waals surface area contributed by atoms with Crippen LogP contribution in [0.25, 0.3) is 0 Å². The molecule has 2 aliphatic rings. The van der Waals surface area contributed by atoms with Gasteiger partial charge in [0.2, 0.25) is 0 Å². The summed E-state index contributed by atoms with van der Waals surface area (Å²) in [7, 11) is 3.85. The lowest BCUT2D eigenvalue weighted by molar-refractivity contribution is 0.0644. The molecule has 0 aliphatic carbocycles. The molecule has 6 nitrogen and oxygen atoms in total. The van der Waals surface area contributed by atoms with Gasteiger partial charge in [0.05, 0.1) is 7.11 Å². The van der Waals surface area contributed by atoms with Gasteiger partial charge in [0.1, 0.15) is 24.2 Å². The lowest BCUT2D eigenvalue weighted by Crippen LogP contribution is -2.43. The number of benzene rings is 1. The molecule has 2 fully saturated rings. The van der Waals surface area contributed by atoms with E-state index in [-0.39, 0.29) is 0 Å². The summed E-state index contributed by atoms with van der Waals surface area (Å²) in [5.41, 5.74) is 1.16. The van der Waals surface area contributed by atoms with Gasteiger partial charge < -0.3 is 24.4 Å². The zero-order valence-electron chi connectivity index (χ0n) is 18.3. The molecule has 1 aromatic rings. The number of hydrogen-bond acceptors (Lipinski definition) is 6. The van der Waals surface area contributed by atoms with Crippen LogP contribution in [0.15, 0.2) is 18.2 Å². The molecule has 1 N–H and O–H groups in total. The quantitative estimate of drug-likeness (QED) is 0.717. The predicted octanol–water partition coefficient (Wildman–Crippen LogP) is 2.45. The molecule has 1 aromatic carbocycles. The first-order valence-electron chi connectivity index (χ1n) is 11.2. The molecule has 6 heteroatoms. The molecule has 29 heavy (non-hydrogen) atoms. The molecule has 0 radical (unpaired) electrons. The van der Waals surface area contributed by atoms with Crippen LogP contribution in [-0.4, -0.2) is 92.5 Å². The van der Waals surface area contributed by atoms with Crippen molar-refractivity contribution in [3.05, 3.63) is 23.8 Å². The van der Waals surface area contributed by atoms with Crippen molar-refractivity contribution in [3.8, 4) is 11.5 Å². The third kappa shape index (κ3) is 7.45. The molecular weight excluding hydrogens is 366 g/mol. The van der Waals surface area contributed by atoms with E-state index in [9.17, 15) is 5.11 Å². The second kappa shape index (κ2) is 11.7. The van der Waals surface area contributed by atoms with Crippen molar-refractivity contribution >= 4 is 0 Å². The Morgan fingerprint density at radius 2 is 1.62 bits per heavy atom. The van der Waals surface area contributed by atoms with Crippen molar-refractivity contribution in [1.29, 1.82) is 0 Å². The Morgan fingerprint density at radius 1 is 0.931 bits per heavy atom. The SMILES string of the molecule is COc1ccc(CN2CCN(C)CC2)c(OC[C@@H](O)CN2CCCCCCC2)c1. The van der Waals surface area contributed by atoms with Gasteiger partial charge in [-0.3, -0.25) is 4.90 Å². The zero-order chi connectivity index (χ0) is 20.5. The highest BCUT2D eigenvalue weighted by Gasteiger charge is 2.18. The Kier molecular flexibility index (Phi) is 9.05. The summed E-state index contributed by atoms with van der Waals surface area (Å²) >= 11 is 0. The van der Waals surface area contributed by atoms with Crippen molar-refractivity contribution in [2.24, 2.45) is 0 Å². The largest absolute Gasteiger partial charge is 0.497 e. The number of likely N-dealkylation sites (N-methyl/N-ethyl adjacent to an activating group) is 1. The monoisotopic (exact) mass is 405 g/mol. The van der Waals surface area contributed by atoms with Crippen LogP contribution in [-0.2, 0) is 6.54 Å². The van der Waals surface area contributed by atoms with Crippen LogP contribution in [0, 0.1) is 0 Å². The Morgan fingerprint density at radius 3 is 2.31 bits per heavy atom. The van der Waals surface area contributed by atoms with Gasteiger partial charge in [-0.05, 0) is 39.0 Å². The molecule has 0 saturated carbocycles. The number of aliphatic hydroxyl groups is 1. The number of rotatable bonds is 8. The van der Waals surface area contributed by atoms with Crippen molar-refractivity contribution in [3.63, 3.8) is 0 Å². The second-order valence-corrected chi connectivity index (χ2v) is 8.59. The highest BCUT2D eigenvalue weighted by molar-refractivity contribution is 5.40. The lowest BCUT2D eigenvalue weighted by Gasteiger charge is -2.32. The summed E-state index contributed by atoms with van der Waals surface area (Å²) in [5, 5.41) is 10.6. The molecule has 2 heterocycles. The molecule has 0 aromatic heterocycles. The number of methoxy groups -OCH3 is 1. The number of aliphatic hydroxyl groups excluding tert-OH is 1. The Balaban J connectivity index is 1.55. The van der Waals surface area contributed by atoms with Crippen LogP contribution in [0.3, 0.4) is 0 Å². The summed E-state index contributed by atoms with van der Waals surface area (Å²) in [4.78, 5) is 7.22. The highest BCUT2D eigenvalue weighted by Crippen LogP contribution is 2.26. The van der Waals surface area contributed by atoms with Gasteiger partial charge >= 0.3 is 0 Å². The average molecular weight is 406 g/mol. The number of β-amino-alcohol motifs (C(OH)–C–C–N with tert-alkyl or cyclic N) is 1. The van der Waals surface area contributed by atoms with Crippen molar-refractivity contribution < 1.29 is 14.6 Å². The van der Waals surface area contributed by atoms with Gasteiger partial charge in [-0.25, -0.2) is 0 Å². The Hall–Kier alpha value is -1.34. The molecule has 3 rings (SSSR count). The van der Waals surface area contributed by atoms with Crippen molar-refractivity contribution in [2.45, 2.75) is 44.8 Å². The van der Waals surface area contributed by atoms with Crippen molar-refractivity contribution in [2.75, 3.05) is 66.6 Å². The molecule has 164 valence electrons. The Labute approximate surface area is 176 Å². The van der Waals surface area contributed by atoms with Crippen LogP contribution in [0.2, 0.25) is 0 Å². The third-order valence-electron chi connectivity index (χ3n) is 6.11. The maximum absolute atomic E-state index is 10.6. The predicted molar refractivity (Wildman–Crippen MR) is 117 cm³/mol. The number of ether oxygens (including phenoxy) is 2. The number of nitrogens with zero attached hydrogens (tertiary/aromatic N) is 3. The maximum atomic E-state index is 10.6. The van der Waals surface area contributed by atoms with E-state index in [2.05, 4.69) is 27.8 Å². The number of hydrogen-bond donors (Lipinski definition) is 1. The summed E-state index contributed by atoms with van der Waals surface area (Å²) in [6.07, 6.45) is 5.96. The minimum absolute atomic E-state index is 0.319. The molecule has 0 amide bonds. The van der Waals surface area contributed by atoms with Crippen LogP contribution in [0.1, 0.15) is 37.7 Å². The van der Waals surface area contributed by atoms with Crippen LogP contribution in [0.4, 0.5) is 0 Å². The van der Waals surface area contributed by atoms with E-state index >= 15 is 0 Å². The van der Waals surface area contributed by atoms with Crippen LogP contribution >= 0.6 is 0 Å². The van der Waals surface area contributed by atoms with E-state index in [1.165, 1.54) is 32.1 Å². The molecule has 2 aliphatic heterocycles. The van der Waals surface area contributed by atoms with Crippen LogP contribution < -0.4 is 9.47 Å². The molecule has 0 unspecified atom stereocenters. The second-order valence-electron chi connectivity index (χ2n) is 8.59. The fraction of sp³-hybridized carbons (Fsp3) is 0.739. The average Bonchev–Trinajstić information content (AvgIpc) is 2.71. The third-order valence-corrected chi connectivity index (χ3v) is 6.11. The topological polar surface area (TPSA) is 48.4 Å². The maximum Gasteiger partial charge on any atom is 0.127 e. The normalized spacial score (nSPS) is 21.3. The first-order chi connectivity index (χ1) is 14.1. The summed E-state index contributed by atoms with van der Waals surface area (Å²) in [5.74, 6) is 1.62. The zero-order valence-corrected chi connectivity index (χ0v) is 18.3. The first kappa shape index (κ1) is 22.3. The van der Waals surface area contributed by atoms with Gasteiger partial charge in [-0.2, -0.15) is 0 Å². The molecule has 1 atom stereocenters. The fourth-order valence-electron chi connectivity index (χ4n) is 4.21. The van der Waals surface area contributed by atoms with Crippen molar-refractivity contribution in [1.82, 2.24) is 14.7 Å².